The summed E-state index contributed by atoms with van der Waals surface area (Å²) in [6.07, 6.45) is 2.28. The fourth-order valence-electron chi connectivity index (χ4n) is 1.39. The quantitative estimate of drug-likeness (QED) is 0.727. The molecule has 71 valence electrons. The molecule has 0 unspecified atom stereocenters. The summed E-state index contributed by atoms with van der Waals surface area (Å²) >= 11 is 0. The molecule has 0 aliphatic carbocycles. The summed E-state index contributed by atoms with van der Waals surface area (Å²) in [5.74, 6) is 0.849. The lowest BCUT2D eigenvalue weighted by Gasteiger charge is -1.95. The van der Waals surface area contributed by atoms with Gasteiger partial charge in [-0.05, 0) is 11.6 Å². The first kappa shape index (κ1) is 9.03. The smallest absolute Gasteiger partial charge is 0.110 e. The zero-order valence-electron chi connectivity index (χ0n) is 7.77. The van der Waals surface area contributed by atoms with E-state index in [0.29, 0.717) is 0 Å². The maximum Gasteiger partial charge on any atom is 0.110 e. The standard InChI is InChI=1S/C12H11O2/c13-8-11-7-12(14-9-11)6-10-4-2-1-3-5-10/h1-5,7,9H,6,8H2. The summed E-state index contributed by atoms with van der Waals surface area (Å²) in [6, 6.07) is 11.9. The van der Waals surface area contributed by atoms with Crippen molar-refractivity contribution in [3.8, 4) is 0 Å². The minimum absolute atomic E-state index is 0.210. The fourth-order valence-corrected chi connectivity index (χ4v) is 1.39. The Labute approximate surface area is 82.8 Å². The Morgan fingerprint density at radius 3 is 2.50 bits per heavy atom. The number of hydrogen-bond donors (Lipinski definition) is 0. The van der Waals surface area contributed by atoms with Crippen LogP contribution in [0.3, 0.4) is 0 Å². The summed E-state index contributed by atoms with van der Waals surface area (Å²) in [6.45, 7) is -0.210. The molecule has 2 aromatic rings. The number of hydrogen-bond acceptors (Lipinski definition) is 1. The van der Waals surface area contributed by atoms with E-state index < -0.39 is 0 Å². The molecule has 1 radical (unpaired) electrons. The van der Waals surface area contributed by atoms with Gasteiger partial charge in [0.15, 0.2) is 0 Å². The molecule has 14 heavy (non-hydrogen) atoms. The molecule has 1 aromatic carbocycles. The minimum Gasteiger partial charge on any atom is -0.469 e. The van der Waals surface area contributed by atoms with Gasteiger partial charge >= 0.3 is 0 Å². The third kappa shape index (κ3) is 2.03. The first-order chi connectivity index (χ1) is 6.88. The third-order valence-electron chi connectivity index (χ3n) is 2.10. The molecule has 0 N–H and O–H groups in total. The maximum absolute atomic E-state index is 10.5. The van der Waals surface area contributed by atoms with Crippen LogP contribution in [0.1, 0.15) is 16.9 Å². The molecule has 1 heterocycles. The summed E-state index contributed by atoms with van der Waals surface area (Å²) in [7, 11) is 0. The van der Waals surface area contributed by atoms with Crippen LogP contribution in [-0.4, -0.2) is 0 Å². The normalized spacial score (nSPS) is 10.4. The van der Waals surface area contributed by atoms with Crippen LogP contribution in [-0.2, 0) is 18.1 Å². The van der Waals surface area contributed by atoms with E-state index in [9.17, 15) is 5.11 Å². The molecule has 2 rings (SSSR count). The van der Waals surface area contributed by atoms with Crippen LogP contribution in [0.4, 0.5) is 0 Å². The maximum atomic E-state index is 10.5. The van der Waals surface area contributed by atoms with Gasteiger partial charge in [-0.25, -0.2) is 5.11 Å². The molecule has 0 atom stereocenters. The molecule has 1 aromatic heterocycles. The average molecular weight is 187 g/mol. The Morgan fingerprint density at radius 2 is 1.86 bits per heavy atom. The van der Waals surface area contributed by atoms with Crippen molar-refractivity contribution in [1.29, 1.82) is 0 Å². The summed E-state index contributed by atoms with van der Waals surface area (Å²) < 4.78 is 5.26. The van der Waals surface area contributed by atoms with Crippen molar-refractivity contribution in [3.63, 3.8) is 0 Å². The first-order valence-electron chi connectivity index (χ1n) is 4.57. The van der Waals surface area contributed by atoms with Crippen molar-refractivity contribution in [3.05, 3.63) is 59.5 Å². The van der Waals surface area contributed by atoms with E-state index in [0.717, 1.165) is 17.7 Å². The Bertz CT molecular complexity index is 390. The predicted octanol–water partition coefficient (Wildman–Crippen LogP) is 2.80. The topological polar surface area (TPSA) is 33.0 Å². The highest BCUT2D eigenvalue weighted by Crippen LogP contribution is 2.12. The van der Waals surface area contributed by atoms with E-state index >= 15 is 0 Å². The van der Waals surface area contributed by atoms with Gasteiger partial charge in [-0.1, -0.05) is 30.3 Å². The largest absolute Gasteiger partial charge is 0.469 e. The van der Waals surface area contributed by atoms with Crippen molar-refractivity contribution in [2.24, 2.45) is 0 Å². The number of furan rings is 1. The highest BCUT2D eigenvalue weighted by molar-refractivity contribution is 5.22. The van der Waals surface area contributed by atoms with Crippen LogP contribution in [0.5, 0.6) is 0 Å². The van der Waals surface area contributed by atoms with Gasteiger partial charge in [0.25, 0.3) is 0 Å². The van der Waals surface area contributed by atoms with Crippen LogP contribution in [0.25, 0.3) is 0 Å². The van der Waals surface area contributed by atoms with Crippen molar-refractivity contribution >= 4 is 0 Å². The van der Waals surface area contributed by atoms with Gasteiger partial charge in [0.2, 0.25) is 0 Å². The monoisotopic (exact) mass is 187 g/mol. The summed E-state index contributed by atoms with van der Waals surface area (Å²) in [4.78, 5) is 0. The molecule has 0 spiro atoms. The minimum atomic E-state index is -0.210. The van der Waals surface area contributed by atoms with Crippen molar-refractivity contribution in [2.75, 3.05) is 0 Å². The Morgan fingerprint density at radius 1 is 1.07 bits per heavy atom. The predicted molar refractivity (Wildman–Crippen MR) is 52.3 cm³/mol. The molecule has 0 aliphatic rings. The number of benzene rings is 1. The highest BCUT2D eigenvalue weighted by atomic mass is 16.3. The van der Waals surface area contributed by atoms with E-state index in [-0.39, 0.29) is 6.61 Å². The molecule has 0 saturated heterocycles. The molecule has 0 aliphatic heterocycles. The molecule has 0 amide bonds. The lowest BCUT2D eigenvalue weighted by atomic mass is 10.1. The zero-order chi connectivity index (χ0) is 9.80. The van der Waals surface area contributed by atoms with Gasteiger partial charge in [-0.15, -0.1) is 0 Å². The Hall–Kier alpha value is -1.54. The van der Waals surface area contributed by atoms with Crippen LogP contribution >= 0.6 is 0 Å². The second-order valence-corrected chi connectivity index (χ2v) is 3.23. The van der Waals surface area contributed by atoms with Gasteiger partial charge in [-0.2, -0.15) is 0 Å². The van der Waals surface area contributed by atoms with Crippen LogP contribution < -0.4 is 0 Å². The molecular formula is C12H11O2. The van der Waals surface area contributed by atoms with Gasteiger partial charge in [-0.3, -0.25) is 0 Å². The van der Waals surface area contributed by atoms with Crippen LogP contribution in [0.15, 0.2) is 47.1 Å². The summed E-state index contributed by atoms with van der Waals surface area (Å²) in [5.41, 5.74) is 1.91. The Kier molecular flexibility index (Phi) is 2.65. The lowest BCUT2D eigenvalue weighted by molar-refractivity contribution is 0.177. The van der Waals surface area contributed by atoms with Gasteiger partial charge in [0.1, 0.15) is 12.4 Å². The molecule has 0 bridgehead atoms. The molecule has 0 saturated carbocycles. The first-order valence-corrected chi connectivity index (χ1v) is 4.57. The third-order valence-corrected chi connectivity index (χ3v) is 2.10. The van der Waals surface area contributed by atoms with Gasteiger partial charge in [0, 0.05) is 12.0 Å². The Balaban J connectivity index is 2.11. The van der Waals surface area contributed by atoms with Crippen LogP contribution in [0, 0.1) is 0 Å². The van der Waals surface area contributed by atoms with Crippen LogP contribution in [0.2, 0.25) is 0 Å². The molecule has 2 nitrogen and oxygen atoms in total. The second-order valence-electron chi connectivity index (χ2n) is 3.23. The lowest BCUT2D eigenvalue weighted by Crippen LogP contribution is -1.84. The van der Waals surface area contributed by atoms with E-state index in [1.807, 2.05) is 36.4 Å². The highest BCUT2D eigenvalue weighted by Gasteiger charge is 2.01. The van der Waals surface area contributed by atoms with Crippen molar-refractivity contribution in [1.82, 2.24) is 0 Å². The van der Waals surface area contributed by atoms with Crippen molar-refractivity contribution in [2.45, 2.75) is 13.0 Å². The van der Waals surface area contributed by atoms with Crippen molar-refractivity contribution < 1.29 is 9.52 Å². The van der Waals surface area contributed by atoms with E-state index in [4.69, 9.17) is 4.42 Å². The van der Waals surface area contributed by atoms with E-state index in [1.54, 1.807) is 0 Å². The van der Waals surface area contributed by atoms with Gasteiger partial charge in [0.05, 0.1) is 6.26 Å². The summed E-state index contributed by atoms with van der Waals surface area (Å²) in [5, 5.41) is 10.5. The average Bonchev–Trinajstić information content (AvgIpc) is 2.67. The van der Waals surface area contributed by atoms with Gasteiger partial charge < -0.3 is 4.42 Å². The molecule has 0 fully saturated rings. The zero-order valence-corrected chi connectivity index (χ0v) is 7.77. The fraction of sp³-hybridized carbons (Fsp3) is 0.167. The van der Waals surface area contributed by atoms with E-state index in [1.165, 1.54) is 11.8 Å². The molecular weight excluding hydrogens is 176 g/mol. The number of rotatable bonds is 3. The molecule has 2 heteroatoms. The SMILES string of the molecule is [O]Cc1coc(Cc2ccccc2)c1. The second kappa shape index (κ2) is 4.11. The van der Waals surface area contributed by atoms with E-state index in [2.05, 4.69) is 0 Å².